The molecule has 1 N–H and O–H groups in total. The molecule has 0 radical (unpaired) electrons. The second-order valence-corrected chi connectivity index (χ2v) is 3.67. The van der Waals surface area contributed by atoms with Crippen molar-refractivity contribution in [2.45, 2.75) is 39.0 Å². The molecule has 0 aromatic rings. The second-order valence-electron chi connectivity index (χ2n) is 3.67. The molecule has 0 spiro atoms. The van der Waals surface area contributed by atoms with Crippen molar-refractivity contribution in [1.29, 1.82) is 0 Å². The molecule has 70 valence electrons. The molecule has 12 heavy (non-hydrogen) atoms. The van der Waals surface area contributed by atoms with Gasteiger partial charge in [-0.25, -0.2) is 0 Å². The van der Waals surface area contributed by atoms with E-state index in [1.807, 2.05) is 6.92 Å². The van der Waals surface area contributed by atoms with Gasteiger partial charge in [-0.1, -0.05) is 19.8 Å². The molecule has 1 aliphatic rings. The van der Waals surface area contributed by atoms with Crippen LogP contribution in [0.3, 0.4) is 0 Å². The number of ketones is 1. The predicted molar refractivity (Wildman–Crippen MR) is 47.8 cm³/mol. The molecule has 0 aliphatic heterocycles. The van der Waals surface area contributed by atoms with Crippen LogP contribution in [0, 0.1) is 11.8 Å². The molecular weight excluding hydrogens is 152 g/mol. The van der Waals surface area contributed by atoms with Gasteiger partial charge in [-0.15, -0.1) is 0 Å². The Morgan fingerprint density at radius 3 is 2.50 bits per heavy atom. The van der Waals surface area contributed by atoms with Crippen molar-refractivity contribution in [2.24, 2.45) is 11.8 Å². The summed E-state index contributed by atoms with van der Waals surface area (Å²) in [4.78, 5) is 11.6. The van der Waals surface area contributed by atoms with E-state index < -0.39 is 0 Å². The second kappa shape index (κ2) is 4.61. The first-order valence-corrected chi connectivity index (χ1v) is 4.94. The highest BCUT2D eigenvalue weighted by atomic mass is 16.3. The van der Waals surface area contributed by atoms with Crippen molar-refractivity contribution < 1.29 is 9.90 Å². The largest absolute Gasteiger partial charge is 0.396 e. The first kappa shape index (κ1) is 9.72. The minimum Gasteiger partial charge on any atom is -0.396 e. The number of Topliss-reactive ketones (excluding diaryl/α,β-unsaturated/α-hetero) is 1. The lowest BCUT2D eigenvalue weighted by Gasteiger charge is -2.14. The Morgan fingerprint density at radius 1 is 1.50 bits per heavy atom. The molecule has 0 aromatic carbocycles. The van der Waals surface area contributed by atoms with Crippen LogP contribution in [0.15, 0.2) is 0 Å². The van der Waals surface area contributed by atoms with E-state index >= 15 is 0 Å². The number of aliphatic hydroxyl groups excluding tert-OH is 1. The first-order chi connectivity index (χ1) is 5.79. The van der Waals surface area contributed by atoms with Crippen molar-refractivity contribution in [1.82, 2.24) is 0 Å². The third-order valence-electron chi connectivity index (χ3n) is 2.87. The number of hydrogen-bond acceptors (Lipinski definition) is 2. The quantitative estimate of drug-likeness (QED) is 0.698. The maximum absolute atomic E-state index is 11.6. The van der Waals surface area contributed by atoms with Crippen LogP contribution >= 0.6 is 0 Å². The molecule has 1 rings (SSSR count). The molecule has 0 amide bonds. The Hall–Kier alpha value is -0.370. The van der Waals surface area contributed by atoms with Crippen LogP contribution in [0.5, 0.6) is 0 Å². The SMILES string of the molecule is CCC(CO)C(=O)C1CCCC1. The van der Waals surface area contributed by atoms with E-state index in [1.54, 1.807) is 0 Å². The monoisotopic (exact) mass is 170 g/mol. The summed E-state index contributed by atoms with van der Waals surface area (Å²) in [7, 11) is 0. The van der Waals surface area contributed by atoms with Gasteiger partial charge in [0.2, 0.25) is 0 Å². The molecule has 0 heterocycles. The highest BCUT2D eigenvalue weighted by Crippen LogP contribution is 2.28. The van der Waals surface area contributed by atoms with Crippen molar-refractivity contribution in [3.63, 3.8) is 0 Å². The number of carbonyl (C=O) groups is 1. The lowest BCUT2D eigenvalue weighted by atomic mass is 9.90. The average Bonchev–Trinajstić information content (AvgIpc) is 2.58. The van der Waals surface area contributed by atoms with Gasteiger partial charge >= 0.3 is 0 Å². The molecular formula is C10H18O2. The minimum atomic E-state index is -0.0897. The summed E-state index contributed by atoms with van der Waals surface area (Å²) in [5.41, 5.74) is 0. The molecule has 1 saturated carbocycles. The van der Waals surface area contributed by atoms with E-state index in [4.69, 9.17) is 5.11 Å². The van der Waals surface area contributed by atoms with Gasteiger partial charge in [0.15, 0.2) is 0 Å². The van der Waals surface area contributed by atoms with Gasteiger partial charge in [0.25, 0.3) is 0 Å². The Labute approximate surface area is 74.0 Å². The third kappa shape index (κ3) is 2.07. The minimum absolute atomic E-state index is 0.0336. The summed E-state index contributed by atoms with van der Waals surface area (Å²) in [5, 5.41) is 8.94. The summed E-state index contributed by atoms with van der Waals surface area (Å²) >= 11 is 0. The summed E-state index contributed by atoms with van der Waals surface area (Å²) in [6.45, 7) is 2.00. The number of carbonyl (C=O) groups excluding carboxylic acids is 1. The standard InChI is InChI=1S/C10H18O2/c1-2-8(7-11)10(12)9-5-3-4-6-9/h8-9,11H,2-7H2,1H3. The summed E-state index contributed by atoms with van der Waals surface area (Å²) < 4.78 is 0. The number of hydrogen-bond donors (Lipinski definition) is 1. The fourth-order valence-corrected chi connectivity index (χ4v) is 1.96. The molecule has 0 saturated heterocycles. The van der Waals surface area contributed by atoms with Crippen LogP contribution in [0.4, 0.5) is 0 Å². The van der Waals surface area contributed by atoms with Crippen molar-refractivity contribution in [2.75, 3.05) is 6.61 Å². The number of rotatable bonds is 4. The summed E-state index contributed by atoms with van der Waals surface area (Å²) in [6.07, 6.45) is 5.27. The van der Waals surface area contributed by atoms with Gasteiger partial charge in [0.05, 0.1) is 6.61 Å². The van der Waals surface area contributed by atoms with Crippen LogP contribution in [-0.4, -0.2) is 17.5 Å². The molecule has 0 bridgehead atoms. The fourth-order valence-electron chi connectivity index (χ4n) is 1.96. The van der Waals surface area contributed by atoms with Crippen LogP contribution in [-0.2, 0) is 4.79 Å². The van der Waals surface area contributed by atoms with Gasteiger partial charge in [-0.05, 0) is 19.3 Å². The molecule has 2 heteroatoms. The van der Waals surface area contributed by atoms with Crippen molar-refractivity contribution in [3.05, 3.63) is 0 Å². The summed E-state index contributed by atoms with van der Waals surface area (Å²) in [5.74, 6) is 0.479. The molecule has 0 aromatic heterocycles. The van der Waals surface area contributed by atoms with Gasteiger partial charge in [0.1, 0.15) is 5.78 Å². The van der Waals surface area contributed by atoms with E-state index in [9.17, 15) is 4.79 Å². The third-order valence-corrected chi connectivity index (χ3v) is 2.87. The molecule has 1 unspecified atom stereocenters. The highest BCUT2D eigenvalue weighted by Gasteiger charge is 2.27. The highest BCUT2D eigenvalue weighted by molar-refractivity contribution is 5.83. The zero-order valence-electron chi connectivity index (χ0n) is 7.75. The Balaban J connectivity index is 2.43. The fraction of sp³-hybridized carbons (Fsp3) is 0.900. The topological polar surface area (TPSA) is 37.3 Å². The molecule has 1 aliphatic carbocycles. The van der Waals surface area contributed by atoms with Gasteiger partial charge in [-0.2, -0.15) is 0 Å². The number of aliphatic hydroxyl groups is 1. The van der Waals surface area contributed by atoms with E-state index in [0.29, 0.717) is 5.78 Å². The van der Waals surface area contributed by atoms with Gasteiger partial charge in [-0.3, -0.25) is 4.79 Å². The normalized spacial score (nSPS) is 21.2. The van der Waals surface area contributed by atoms with Crippen LogP contribution in [0.2, 0.25) is 0 Å². The van der Waals surface area contributed by atoms with Crippen LogP contribution < -0.4 is 0 Å². The maximum atomic E-state index is 11.6. The van der Waals surface area contributed by atoms with Gasteiger partial charge < -0.3 is 5.11 Å². The average molecular weight is 170 g/mol. The van der Waals surface area contributed by atoms with Crippen molar-refractivity contribution >= 4 is 5.78 Å². The van der Waals surface area contributed by atoms with E-state index in [-0.39, 0.29) is 18.4 Å². The zero-order chi connectivity index (χ0) is 8.97. The molecule has 2 nitrogen and oxygen atoms in total. The predicted octanol–water partition coefficient (Wildman–Crippen LogP) is 1.76. The van der Waals surface area contributed by atoms with Crippen molar-refractivity contribution in [3.8, 4) is 0 Å². The lowest BCUT2D eigenvalue weighted by Crippen LogP contribution is -2.24. The van der Waals surface area contributed by atoms with Crippen LogP contribution in [0.1, 0.15) is 39.0 Å². The maximum Gasteiger partial charge on any atom is 0.141 e. The summed E-state index contributed by atoms with van der Waals surface area (Å²) in [6, 6.07) is 0. The first-order valence-electron chi connectivity index (χ1n) is 4.94. The van der Waals surface area contributed by atoms with Crippen LogP contribution in [0.25, 0.3) is 0 Å². The van der Waals surface area contributed by atoms with E-state index in [0.717, 1.165) is 19.3 Å². The Kier molecular flexibility index (Phi) is 3.73. The lowest BCUT2D eigenvalue weighted by molar-refractivity contribution is -0.127. The smallest absolute Gasteiger partial charge is 0.141 e. The molecule has 1 fully saturated rings. The van der Waals surface area contributed by atoms with Gasteiger partial charge in [0, 0.05) is 11.8 Å². The zero-order valence-corrected chi connectivity index (χ0v) is 7.75. The van der Waals surface area contributed by atoms with E-state index in [1.165, 1.54) is 12.8 Å². The Morgan fingerprint density at radius 2 is 2.08 bits per heavy atom. The molecule has 1 atom stereocenters. The Bertz CT molecular complexity index is 140. The van der Waals surface area contributed by atoms with E-state index in [2.05, 4.69) is 0 Å².